The lowest BCUT2D eigenvalue weighted by Gasteiger charge is -2.31. The second kappa shape index (κ2) is 11.0. The van der Waals surface area contributed by atoms with Crippen molar-refractivity contribution in [1.82, 2.24) is 24.9 Å². The number of halogens is 1. The fourth-order valence-corrected chi connectivity index (χ4v) is 6.30. The molecule has 3 atom stereocenters. The van der Waals surface area contributed by atoms with Crippen LogP contribution in [0.3, 0.4) is 0 Å². The number of hydrogen-bond acceptors (Lipinski definition) is 7. The van der Waals surface area contributed by atoms with Gasteiger partial charge in [0.15, 0.2) is 17.2 Å². The predicted octanol–water partition coefficient (Wildman–Crippen LogP) is 2.11. The number of amides is 2. The average molecular weight is 576 g/mol. The van der Waals surface area contributed by atoms with Gasteiger partial charge in [-0.25, -0.2) is 4.39 Å². The van der Waals surface area contributed by atoms with E-state index in [0.717, 1.165) is 18.4 Å². The molecule has 2 aromatic rings. The van der Waals surface area contributed by atoms with E-state index in [4.69, 9.17) is 4.74 Å². The van der Waals surface area contributed by atoms with E-state index in [1.807, 2.05) is 9.80 Å². The quantitative estimate of drug-likeness (QED) is 0.487. The fraction of sp³-hybridized carbons (Fsp3) is 0.452. The van der Waals surface area contributed by atoms with Crippen molar-refractivity contribution in [3.05, 3.63) is 71.3 Å². The van der Waals surface area contributed by atoms with Crippen LogP contribution in [0.5, 0.6) is 0 Å². The maximum absolute atomic E-state index is 13.6. The van der Waals surface area contributed by atoms with Crippen LogP contribution < -0.4 is 5.32 Å². The number of nitrogens with one attached hydrogen (secondary N) is 1. The van der Waals surface area contributed by atoms with E-state index in [1.165, 1.54) is 23.0 Å². The number of nitrogens with zero attached hydrogens (tertiary/aromatic N) is 4. The third-order valence-corrected chi connectivity index (χ3v) is 8.90. The minimum atomic E-state index is -1.25. The average Bonchev–Trinajstić information content (AvgIpc) is 3.49. The number of likely N-dealkylation sites (N-methyl/N-ethyl adjacent to an activating group) is 1. The largest absolute Gasteiger partial charge is 0.358 e. The fourth-order valence-electron chi connectivity index (χ4n) is 6.30. The highest BCUT2D eigenvalue weighted by Crippen LogP contribution is 2.47. The summed E-state index contributed by atoms with van der Waals surface area (Å²) < 4.78 is 21.0. The van der Waals surface area contributed by atoms with E-state index in [2.05, 4.69) is 17.3 Å². The molecule has 10 nitrogen and oxygen atoms in total. The molecule has 220 valence electrons. The second-order valence-electron chi connectivity index (χ2n) is 11.7. The van der Waals surface area contributed by atoms with E-state index in [1.54, 1.807) is 37.5 Å². The van der Waals surface area contributed by atoms with Crippen LogP contribution in [-0.4, -0.2) is 81.5 Å². The minimum Gasteiger partial charge on any atom is -0.358 e. The van der Waals surface area contributed by atoms with Crippen LogP contribution in [0.4, 0.5) is 4.39 Å². The van der Waals surface area contributed by atoms with Gasteiger partial charge in [0.2, 0.25) is 11.8 Å². The van der Waals surface area contributed by atoms with Gasteiger partial charge in [0.25, 0.3) is 0 Å². The smallest absolute Gasteiger partial charge is 0.241 e. The molecule has 1 saturated heterocycles. The highest BCUT2D eigenvalue weighted by Gasteiger charge is 2.58. The maximum atomic E-state index is 13.6. The number of ketones is 2. The Morgan fingerprint density at radius 3 is 2.67 bits per heavy atom. The third-order valence-electron chi connectivity index (χ3n) is 8.90. The number of Topliss-reactive ketones (excluding diaryl/α,β-unsaturated/α-hetero) is 2. The molecule has 1 aliphatic heterocycles. The molecule has 2 saturated carbocycles. The van der Waals surface area contributed by atoms with Gasteiger partial charge in [0.05, 0.1) is 18.7 Å². The highest BCUT2D eigenvalue weighted by molar-refractivity contribution is 6.26. The number of carbonyl (C=O) groups is 4. The zero-order chi connectivity index (χ0) is 29.6. The molecule has 1 aromatic heterocycles. The van der Waals surface area contributed by atoms with Gasteiger partial charge < -0.3 is 15.0 Å². The van der Waals surface area contributed by atoms with Gasteiger partial charge >= 0.3 is 0 Å². The molecule has 1 aromatic carbocycles. The summed E-state index contributed by atoms with van der Waals surface area (Å²) in [5.74, 6) is -1.14. The lowest BCUT2D eigenvalue weighted by Crippen LogP contribution is -2.46. The maximum Gasteiger partial charge on any atom is 0.241 e. The van der Waals surface area contributed by atoms with E-state index in [9.17, 15) is 23.6 Å². The summed E-state index contributed by atoms with van der Waals surface area (Å²) >= 11 is 0. The number of ether oxygens (including phenoxy) is 1. The van der Waals surface area contributed by atoms with Crippen molar-refractivity contribution in [1.29, 1.82) is 0 Å². The predicted molar refractivity (Wildman–Crippen MR) is 150 cm³/mol. The van der Waals surface area contributed by atoms with Gasteiger partial charge in [-0.05, 0) is 49.0 Å². The number of hydrogen-bond donors (Lipinski definition) is 1. The molecule has 1 N–H and O–H groups in total. The number of benzene rings is 1. The van der Waals surface area contributed by atoms with E-state index in [-0.39, 0.29) is 68.0 Å². The van der Waals surface area contributed by atoms with Crippen molar-refractivity contribution in [3.63, 3.8) is 0 Å². The van der Waals surface area contributed by atoms with Crippen molar-refractivity contribution in [3.8, 4) is 0 Å². The Labute approximate surface area is 243 Å². The van der Waals surface area contributed by atoms with Crippen LogP contribution in [-0.2, 0) is 37.0 Å². The van der Waals surface area contributed by atoms with Crippen molar-refractivity contribution >= 4 is 29.0 Å². The Morgan fingerprint density at radius 1 is 1.19 bits per heavy atom. The monoisotopic (exact) mass is 575 g/mol. The zero-order valence-electron chi connectivity index (χ0n) is 23.7. The molecule has 3 fully saturated rings. The minimum absolute atomic E-state index is 0.0333. The van der Waals surface area contributed by atoms with Gasteiger partial charge in [-0.15, -0.1) is 0 Å². The molecule has 0 bridgehead atoms. The molecular formula is C31H34FN5O5. The van der Waals surface area contributed by atoms with Gasteiger partial charge in [-0.3, -0.25) is 28.8 Å². The van der Waals surface area contributed by atoms with Gasteiger partial charge in [0, 0.05) is 49.9 Å². The Bertz CT molecular complexity index is 1490. The molecule has 11 heteroatoms. The van der Waals surface area contributed by atoms with E-state index < -0.39 is 11.5 Å². The van der Waals surface area contributed by atoms with Crippen molar-refractivity contribution < 1.29 is 28.3 Å². The molecule has 6 rings (SSSR count). The first-order valence-corrected chi connectivity index (χ1v) is 14.3. The molecule has 2 amide bonds. The van der Waals surface area contributed by atoms with E-state index in [0.29, 0.717) is 29.2 Å². The molecular weight excluding hydrogens is 541 g/mol. The van der Waals surface area contributed by atoms with E-state index >= 15 is 0 Å². The molecule has 2 unspecified atom stereocenters. The van der Waals surface area contributed by atoms with Crippen molar-refractivity contribution in [2.45, 2.75) is 50.9 Å². The summed E-state index contributed by atoms with van der Waals surface area (Å²) in [6, 6.07) is 6.23. The molecule has 0 radical (unpaired) electrons. The van der Waals surface area contributed by atoms with Crippen LogP contribution in [0.15, 0.2) is 54.4 Å². The molecule has 1 spiro atoms. The summed E-state index contributed by atoms with van der Waals surface area (Å²) in [6.45, 7) is 2.84. The summed E-state index contributed by atoms with van der Waals surface area (Å²) in [6.07, 6.45) is 8.85. The number of aromatic nitrogens is 2. The standard InChI is InChI=1S/C31H34FN5O5/c1-19(21-5-6-21)37(13-20-3-7-23(32)8-4-20)29(40)16-35-17-31(42-18-35)26-10-9-24(30(41)25(26)11-27(31)38)22-12-34-36(14-22)15-28(39)33-2/h3-4,7-10,12,14,19,21,25H,5-6,11,13,15-18H2,1-2H3,(H,33,39)/t19?,25?,31-/m0/s1. The number of carbonyl (C=O) groups excluding carboxylic acids is 4. The summed E-state index contributed by atoms with van der Waals surface area (Å²) in [5, 5.41) is 6.72. The zero-order valence-corrected chi connectivity index (χ0v) is 23.7. The Balaban J connectivity index is 1.17. The molecule has 4 aliphatic rings. The van der Waals surface area contributed by atoms with Crippen LogP contribution in [0, 0.1) is 17.7 Å². The Hall–Kier alpha value is -3.96. The Morgan fingerprint density at radius 2 is 1.95 bits per heavy atom. The molecule has 42 heavy (non-hydrogen) atoms. The summed E-state index contributed by atoms with van der Waals surface area (Å²) in [5.41, 5.74) is 1.25. The van der Waals surface area contributed by atoms with Gasteiger partial charge in [-0.1, -0.05) is 24.3 Å². The number of allylic oxidation sites excluding steroid dienone is 3. The summed E-state index contributed by atoms with van der Waals surface area (Å²) in [7, 11) is 1.54. The third kappa shape index (κ3) is 5.22. The lowest BCUT2D eigenvalue weighted by atomic mass is 9.82. The van der Waals surface area contributed by atoms with Crippen LogP contribution in [0.1, 0.15) is 37.3 Å². The first kappa shape index (κ1) is 28.2. The lowest BCUT2D eigenvalue weighted by molar-refractivity contribution is -0.135. The normalized spacial score (nSPS) is 24.4. The first-order valence-electron chi connectivity index (χ1n) is 14.3. The summed E-state index contributed by atoms with van der Waals surface area (Å²) in [4.78, 5) is 55.9. The molecule has 2 heterocycles. The SMILES string of the molecule is CNC(=O)Cn1cc(C2=CC=C3C(CC(=O)[C@]34CN(CC(=O)N(Cc3ccc(F)cc3)C(C)C3CC3)CO4)C2=O)cn1. The van der Waals surface area contributed by atoms with Gasteiger partial charge in [0.1, 0.15) is 19.1 Å². The number of rotatable bonds is 9. The van der Waals surface area contributed by atoms with Crippen molar-refractivity contribution in [2.24, 2.45) is 11.8 Å². The van der Waals surface area contributed by atoms with Crippen molar-refractivity contribution in [2.75, 3.05) is 26.9 Å². The topological polar surface area (TPSA) is 114 Å². The van der Waals surface area contributed by atoms with Crippen LogP contribution >= 0.6 is 0 Å². The second-order valence-corrected chi connectivity index (χ2v) is 11.7. The first-order chi connectivity index (χ1) is 20.2. The Kier molecular flexibility index (Phi) is 7.40. The van der Waals surface area contributed by atoms with Crippen LogP contribution in [0.2, 0.25) is 0 Å². The highest BCUT2D eigenvalue weighted by atomic mass is 19.1. The van der Waals surface area contributed by atoms with Gasteiger partial charge in [-0.2, -0.15) is 5.10 Å². The number of fused-ring (bicyclic) bond motifs is 2. The molecule has 3 aliphatic carbocycles. The van der Waals surface area contributed by atoms with Crippen LogP contribution in [0.25, 0.3) is 5.57 Å².